The first kappa shape index (κ1) is 54.0. The van der Waals surface area contributed by atoms with E-state index in [2.05, 4.69) is 236 Å². The van der Waals surface area contributed by atoms with E-state index in [4.69, 9.17) is 0 Å². The molecule has 0 aromatic heterocycles. The summed E-state index contributed by atoms with van der Waals surface area (Å²) in [4.78, 5) is 0. The van der Waals surface area contributed by atoms with Crippen LogP contribution in [-0.4, -0.2) is 20.4 Å². The molecule has 7 aromatic carbocycles. The van der Waals surface area contributed by atoms with Gasteiger partial charge in [-0.15, -0.1) is 0 Å². The van der Waals surface area contributed by atoms with Gasteiger partial charge in [0.15, 0.2) is 0 Å². The van der Waals surface area contributed by atoms with Crippen molar-refractivity contribution in [2.75, 3.05) is 0 Å². The van der Waals surface area contributed by atoms with Crippen LogP contribution >= 0.6 is 0 Å². The molecule has 7 aromatic rings. The van der Waals surface area contributed by atoms with Crippen LogP contribution in [0.2, 0.25) is 0 Å². The number of rotatable bonds is 10. The van der Waals surface area contributed by atoms with Gasteiger partial charge in [0, 0.05) is 34.1 Å². The van der Waals surface area contributed by atoms with Gasteiger partial charge in [-0.2, -0.15) is 0 Å². The van der Waals surface area contributed by atoms with Crippen molar-refractivity contribution in [2.45, 2.75) is 196 Å². The molecule has 72 heavy (non-hydrogen) atoms. The highest BCUT2D eigenvalue weighted by atomic mass is 16.3. The van der Waals surface area contributed by atoms with Gasteiger partial charge in [0.1, 0.15) is 23.0 Å². The molecule has 382 valence electrons. The predicted octanol–water partition coefficient (Wildman–Crippen LogP) is 18.9. The second-order valence-electron chi connectivity index (χ2n) is 26.5. The number of hydrogen-bond acceptors (Lipinski definition) is 4. The Morgan fingerprint density at radius 3 is 0.708 bits per heavy atom. The predicted molar refractivity (Wildman–Crippen MR) is 307 cm³/mol. The van der Waals surface area contributed by atoms with Crippen molar-refractivity contribution in [2.24, 2.45) is 0 Å². The highest BCUT2D eigenvalue weighted by Crippen LogP contribution is 2.52. The van der Waals surface area contributed by atoms with Crippen LogP contribution < -0.4 is 0 Å². The van der Waals surface area contributed by atoms with Gasteiger partial charge in [-0.25, -0.2) is 0 Å². The number of phenolic OH excluding ortho intramolecular Hbond substituents is 4. The first-order valence-corrected chi connectivity index (χ1v) is 26.7. The molecule has 0 aliphatic rings. The molecule has 7 rings (SSSR count). The number of phenols is 4. The molecule has 0 aliphatic heterocycles. The van der Waals surface area contributed by atoms with Crippen molar-refractivity contribution in [1.82, 2.24) is 0 Å². The standard InChI is InChI=1S/C68H86O4/c1-37(2)49-28-43(65(9,10)11)32-55(61(49)69)59(56-33-44(66(12,13)14)29-50(38(3)4)62(56)70)47-25-21-23-41-27-42-24-22-26-48(54(42)36-53(41)47)60(57-34-45(67(15,16)17)30-51(39(5)6)63(57)71)58-35-46(68(18,19)20)31-52(40(7)8)64(58)72/h21-40,59-60,69-72H,1-20H3. The molecule has 0 aliphatic carbocycles. The summed E-state index contributed by atoms with van der Waals surface area (Å²) in [6.07, 6.45) is 0. The number of fused-ring (bicyclic) bond motifs is 2. The fourth-order valence-electron chi connectivity index (χ4n) is 10.7. The van der Waals surface area contributed by atoms with Crippen LogP contribution in [0.3, 0.4) is 0 Å². The van der Waals surface area contributed by atoms with E-state index >= 15 is 0 Å². The van der Waals surface area contributed by atoms with Crippen LogP contribution in [0.1, 0.15) is 252 Å². The minimum absolute atomic E-state index is 0.0391. The molecular weight excluding hydrogens is 881 g/mol. The molecule has 4 N–H and O–H groups in total. The van der Waals surface area contributed by atoms with E-state index in [-0.39, 0.29) is 68.3 Å². The molecule has 0 spiro atoms. The van der Waals surface area contributed by atoms with Gasteiger partial charge in [-0.05, 0) is 135 Å². The normalized spacial score (nSPS) is 13.1. The van der Waals surface area contributed by atoms with E-state index in [0.717, 1.165) is 99.4 Å². The first-order chi connectivity index (χ1) is 33.2. The molecule has 0 unspecified atom stereocenters. The van der Waals surface area contributed by atoms with Crippen LogP contribution in [0, 0.1) is 0 Å². The number of hydrogen-bond donors (Lipinski definition) is 4. The molecule has 0 amide bonds. The molecule has 4 heteroatoms. The summed E-state index contributed by atoms with van der Waals surface area (Å²) < 4.78 is 0. The molecule has 0 heterocycles. The molecule has 0 radical (unpaired) electrons. The van der Waals surface area contributed by atoms with Crippen LogP contribution in [0.15, 0.2) is 97.1 Å². The first-order valence-electron chi connectivity index (χ1n) is 26.7. The van der Waals surface area contributed by atoms with Crippen LogP contribution in [0.25, 0.3) is 21.5 Å². The molecule has 0 saturated carbocycles. The minimum atomic E-state index is -0.573. The van der Waals surface area contributed by atoms with Gasteiger partial charge < -0.3 is 20.4 Å². The third kappa shape index (κ3) is 10.3. The van der Waals surface area contributed by atoms with Crippen LogP contribution in [-0.2, 0) is 21.7 Å². The summed E-state index contributed by atoms with van der Waals surface area (Å²) in [6.45, 7) is 43.7. The van der Waals surface area contributed by atoms with Crippen molar-refractivity contribution in [3.05, 3.63) is 175 Å². The quantitative estimate of drug-likeness (QED) is 0.0813. The number of aromatic hydroxyl groups is 4. The van der Waals surface area contributed by atoms with E-state index in [0.29, 0.717) is 0 Å². The monoisotopic (exact) mass is 967 g/mol. The maximum atomic E-state index is 12.8. The highest BCUT2D eigenvalue weighted by molar-refractivity contribution is 6.02. The molecule has 0 bridgehead atoms. The largest absolute Gasteiger partial charge is 0.507 e. The maximum Gasteiger partial charge on any atom is 0.123 e. The Morgan fingerprint density at radius 2 is 0.500 bits per heavy atom. The molecule has 0 atom stereocenters. The Hall–Kier alpha value is -5.74. The van der Waals surface area contributed by atoms with E-state index in [1.54, 1.807) is 0 Å². The van der Waals surface area contributed by atoms with Gasteiger partial charge in [0.25, 0.3) is 0 Å². The summed E-state index contributed by atoms with van der Waals surface area (Å²) in [5.41, 5.74) is 12.0. The number of benzene rings is 7. The van der Waals surface area contributed by atoms with Gasteiger partial charge in [-0.3, -0.25) is 0 Å². The zero-order valence-electron chi connectivity index (χ0n) is 47.5. The summed E-state index contributed by atoms with van der Waals surface area (Å²) in [6, 6.07) is 34.8. The zero-order valence-corrected chi connectivity index (χ0v) is 47.5. The van der Waals surface area contributed by atoms with E-state index in [9.17, 15) is 20.4 Å². The lowest BCUT2D eigenvalue weighted by molar-refractivity contribution is 0.445. The lowest BCUT2D eigenvalue weighted by atomic mass is 9.73. The third-order valence-electron chi connectivity index (χ3n) is 15.4. The van der Waals surface area contributed by atoms with Crippen molar-refractivity contribution in [1.29, 1.82) is 0 Å². The van der Waals surface area contributed by atoms with E-state index < -0.39 is 11.8 Å². The lowest BCUT2D eigenvalue weighted by Crippen LogP contribution is -2.17. The zero-order chi connectivity index (χ0) is 53.5. The Labute approximate surface area is 433 Å². The summed E-state index contributed by atoms with van der Waals surface area (Å²) in [7, 11) is 0. The summed E-state index contributed by atoms with van der Waals surface area (Å²) in [5.74, 6) is 0.00446. The molecule has 4 nitrogen and oxygen atoms in total. The summed E-state index contributed by atoms with van der Waals surface area (Å²) >= 11 is 0. The Bertz CT molecular complexity index is 2810. The van der Waals surface area contributed by atoms with Crippen LogP contribution in [0.4, 0.5) is 0 Å². The van der Waals surface area contributed by atoms with Crippen LogP contribution in [0.5, 0.6) is 23.0 Å². The highest BCUT2D eigenvalue weighted by Gasteiger charge is 2.35. The van der Waals surface area contributed by atoms with E-state index in [1.165, 1.54) is 0 Å². The third-order valence-corrected chi connectivity index (χ3v) is 15.4. The van der Waals surface area contributed by atoms with Gasteiger partial charge in [0.05, 0.1) is 0 Å². The lowest BCUT2D eigenvalue weighted by Gasteiger charge is -2.31. The maximum absolute atomic E-state index is 12.8. The van der Waals surface area contributed by atoms with Gasteiger partial charge in [-0.1, -0.05) is 223 Å². The molecular formula is C68H86O4. The second kappa shape index (κ2) is 19.3. The molecule has 0 saturated heterocycles. The minimum Gasteiger partial charge on any atom is -0.507 e. The average molecular weight is 967 g/mol. The molecule has 0 fully saturated rings. The Balaban J connectivity index is 1.70. The fraction of sp³-hybridized carbons (Fsp3) is 0.441. The smallest absolute Gasteiger partial charge is 0.123 e. The summed E-state index contributed by atoms with van der Waals surface area (Å²) in [5, 5.41) is 55.1. The van der Waals surface area contributed by atoms with Crippen molar-refractivity contribution < 1.29 is 20.4 Å². The topological polar surface area (TPSA) is 80.9 Å². The fourth-order valence-corrected chi connectivity index (χ4v) is 10.7. The van der Waals surface area contributed by atoms with Crippen molar-refractivity contribution in [3.63, 3.8) is 0 Å². The Morgan fingerprint density at radius 1 is 0.278 bits per heavy atom. The average Bonchev–Trinajstić information content (AvgIpc) is 3.26. The van der Waals surface area contributed by atoms with Gasteiger partial charge >= 0.3 is 0 Å². The van der Waals surface area contributed by atoms with Crippen molar-refractivity contribution >= 4 is 21.5 Å². The SMILES string of the molecule is CC(C)c1cc(C(C)(C)C)cc(C(c2cc(C(C)(C)C)cc(C(C)C)c2O)c2cccc3cc4cccc(C(c5cc(C(C)(C)C)cc(C(C)C)c5O)c5cc(C(C)(C)C)cc(C(C)C)c5O)c4cc23)c1O. The van der Waals surface area contributed by atoms with Gasteiger partial charge in [0.2, 0.25) is 0 Å². The Kier molecular flexibility index (Phi) is 14.5. The van der Waals surface area contributed by atoms with Crippen molar-refractivity contribution in [3.8, 4) is 23.0 Å². The van der Waals surface area contributed by atoms with E-state index in [1.807, 2.05) is 0 Å². The second-order valence-corrected chi connectivity index (χ2v) is 26.5.